The number of hydrogen-bond donors (Lipinski definition) is 0. The van der Waals surface area contributed by atoms with Crippen LogP contribution in [0.2, 0.25) is 0 Å². The van der Waals surface area contributed by atoms with E-state index in [9.17, 15) is 0 Å². The second-order valence-corrected chi connectivity index (χ2v) is 4.47. The molecule has 0 aliphatic carbocycles. The van der Waals surface area contributed by atoms with Gasteiger partial charge in [0.1, 0.15) is 0 Å². The molecule has 1 nitrogen and oxygen atoms in total. The number of halogens is 1. The van der Waals surface area contributed by atoms with Gasteiger partial charge >= 0.3 is 0 Å². The summed E-state index contributed by atoms with van der Waals surface area (Å²) in [5.74, 6) is 0. The van der Waals surface area contributed by atoms with Crippen LogP contribution in [0.25, 0.3) is 0 Å². The Balaban J connectivity index is 0.00000225. The Morgan fingerprint density at radius 1 is 1.00 bits per heavy atom. The van der Waals surface area contributed by atoms with Crippen LogP contribution in [0.3, 0.4) is 0 Å². The third kappa shape index (κ3) is 6.37. The summed E-state index contributed by atoms with van der Waals surface area (Å²) in [5.41, 5.74) is 0. The first kappa shape index (κ1) is 15.8. The summed E-state index contributed by atoms with van der Waals surface area (Å²) in [6.07, 6.45) is 17.1. The van der Waals surface area contributed by atoms with Crippen molar-refractivity contribution in [3.63, 3.8) is 0 Å². The third-order valence-corrected chi connectivity index (χ3v) is 3.07. The fourth-order valence-electron chi connectivity index (χ4n) is 1.98. The standard InChI is InChI=1S/C14H25N.BrH/c1-3-4-5-6-7-9-12-15-13-10-8-11-14(15)2;/h8,10-11,13-14H,3-7,9,12H2,1-2H3;1H. The van der Waals surface area contributed by atoms with Crippen molar-refractivity contribution in [2.45, 2.75) is 58.4 Å². The van der Waals surface area contributed by atoms with E-state index >= 15 is 0 Å². The quantitative estimate of drug-likeness (QED) is 0.614. The largest absolute Gasteiger partial charge is 0.371 e. The van der Waals surface area contributed by atoms with E-state index in [1.807, 2.05) is 0 Å². The highest BCUT2D eigenvalue weighted by Gasteiger charge is 2.07. The molecular formula is C14H26BrN. The summed E-state index contributed by atoms with van der Waals surface area (Å²) in [4.78, 5) is 2.43. The highest BCUT2D eigenvalue weighted by Crippen LogP contribution is 2.11. The van der Waals surface area contributed by atoms with Crippen molar-refractivity contribution in [3.05, 3.63) is 24.4 Å². The number of nitrogens with zero attached hydrogens (tertiary/aromatic N) is 1. The van der Waals surface area contributed by atoms with E-state index in [1.165, 1.54) is 45.1 Å². The smallest absolute Gasteiger partial charge is 0.0442 e. The summed E-state index contributed by atoms with van der Waals surface area (Å²) < 4.78 is 0. The van der Waals surface area contributed by atoms with Crippen LogP contribution < -0.4 is 0 Å². The van der Waals surface area contributed by atoms with Gasteiger partial charge in [-0.3, -0.25) is 0 Å². The molecule has 1 atom stereocenters. The monoisotopic (exact) mass is 287 g/mol. The van der Waals surface area contributed by atoms with E-state index in [0.717, 1.165) is 0 Å². The van der Waals surface area contributed by atoms with Crippen molar-refractivity contribution in [2.24, 2.45) is 0 Å². The van der Waals surface area contributed by atoms with E-state index < -0.39 is 0 Å². The van der Waals surface area contributed by atoms with Crippen LogP contribution in [0.5, 0.6) is 0 Å². The van der Waals surface area contributed by atoms with Crippen LogP contribution in [0.1, 0.15) is 52.4 Å². The molecule has 2 heteroatoms. The van der Waals surface area contributed by atoms with Crippen LogP contribution in [-0.2, 0) is 0 Å². The summed E-state index contributed by atoms with van der Waals surface area (Å²) >= 11 is 0. The van der Waals surface area contributed by atoms with Gasteiger partial charge in [-0.15, -0.1) is 17.0 Å². The molecule has 1 aliphatic rings. The lowest BCUT2D eigenvalue weighted by atomic mass is 10.1. The van der Waals surface area contributed by atoms with Crippen LogP contribution >= 0.6 is 17.0 Å². The molecule has 0 amide bonds. The molecule has 0 radical (unpaired) electrons. The molecule has 0 aromatic rings. The maximum absolute atomic E-state index is 2.43. The molecule has 0 aromatic carbocycles. The Morgan fingerprint density at radius 2 is 1.69 bits per heavy atom. The molecule has 1 aliphatic heterocycles. The van der Waals surface area contributed by atoms with Crippen LogP contribution in [0.15, 0.2) is 24.4 Å². The van der Waals surface area contributed by atoms with E-state index in [0.29, 0.717) is 6.04 Å². The molecule has 1 rings (SSSR count). The minimum absolute atomic E-state index is 0. The van der Waals surface area contributed by atoms with E-state index in [-0.39, 0.29) is 17.0 Å². The lowest BCUT2D eigenvalue weighted by molar-refractivity contribution is 0.322. The average Bonchev–Trinajstić information content (AvgIpc) is 2.25. The Labute approximate surface area is 111 Å². The Kier molecular flexibility index (Phi) is 9.80. The molecule has 0 bridgehead atoms. The van der Waals surface area contributed by atoms with Crippen molar-refractivity contribution in [3.8, 4) is 0 Å². The topological polar surface area (TPSA) is 3.24 Å². The molecule has 16 heavy (non-hydrogen) atoms. The maximum Gasteiger partial charge on any atom is 0.0442 e. The van der Waals surface area contributed by atoms with Crippen molar-refractivity contribution in [2.75, 3.05) is 6.54 Å². The molecule has 0 spiro atoms. The second kappa shape index (κ2) is 9.95. The van der Waals surface area contributed by atoms with Gasteiger partial charge in [0.15, 0.2) is 0 Å². The normalized spacial score (nSPS) is 18.6. The third-order valence-electron chi connectivity index (χ3n) is 3.07. The van der Waals surface area contributed by atoms with Gasteiger partial charge < -0.3 is 4.90 Å². The first-order valence-electron chi connectivity index (χ1n) is 6.45. The minimum Gasteiger partial charge on any atom is -0.371 e. The number of unbranched alkanes of at least 4 members (excludes halogenated alkanes) is 5. The molecule has 1 heterocycles. The summed E-state index contributed by atoms with van der Waals surface area (Å²) in [7, 11) is 0. The highest BCUT2D eigenvalue weighted by atomic mass is 79.9. The molecule has 94 valence electrons. The van der Waals surface area contributed by atoms with Gasteiger partial charge in [0.2, 0.25) is 0 Å². The summed E-state index contributed by atoms with van der Waals surface area (Å²) in [6.45, 7) is 5.75. The predicted molar refractivity (Wildman–Crippen MR) is 78.1 cm³/mol. The Morgan fingerprint density at radius 3 is 2.38 bits per heavy atom. The first-order valence-corrected chi connectivity index (χ1v) is 6.45. The van der Waals surface area contributed by atoms with E-state index in [2.05, 4.69) is 43.2 Å². The maximum atomic E-state index is 2.43. The highest BCUT2D eigenvalue weighted by molar-refractivity contribution is 8.93. The van der Waals surface area contributed by atoms with Gasteiger partial charge in [-0.05, 0) is 25.6 Å². The zero-order chi connectivity index (χ0) is 10.9. The zero-order valence-electron chi connectivity index (χ0n) is 10.7. The minimum atomic E-state index is 0. The fourth-order valence-corrected chi connectivity index (χ4v) is 1.98. The molecule has 1 unspecified atom stereocenters. The van der Waals surface area contributed by atoms with Gasteiger partial charge in [-0.25, -0.2) is 0 Å². The van der Waals surface area contributed by atoms with Gasteiger partial charge in [-0.1, -0.05) is 51.2 Å². The molecular weight excluding hydrogens is 262 g/mol. The summed E-state index contributed by atoms with van der Waals surface area (Å²) in [5, 5.41) is 0. The van der Waals surface area contributed by atoms with Crippen molar-refractivity contribution in [1.82, 2.24) is 4.90 Å². The SMILES string of the molecule is Br.CCCCCCCCN1C=CC=CC1C. The molecule has 0 saturated heterocycles. The summed E-state index contributed by atoms with van der Waals surface area (Å²) in [6, 6.07) is 0.589. The number of hydrogen-bond acceptors (Lipinski definition) is 1. The first-order chi connectivity index (χ1) is 7.34. The predicted octanol–water partition coefficient (Wildman–Crippen LogP) is 4.70. The van der Waals surface area contributed by atoms with Crippen molar-refractivity contribution in [1.29, 1.82) is 0 Å². The fraction of sp³-hybridized carbons (Fsp3) is 0.714. The van der Waals surface area contributed by atoms with E-state index in [1.54, 1.807) is 0 Å². The number of rotatable bonds is 7. The lowest BCUT2D eigenvalue weighted by Gasteiger charge is -2.27. The Bertz CT molecular complexity index is 211. The number of allylic oxidation sites excluding steroid dienone is 2. The van der Waals surface area contributed by atoms with Crippen LogP contribution in [0.4, 0.5) is 0 Å². The van der Waals surface area contributed by atoms with Gasteiger partial charge in [0.05, 0.1) is 0 Å². The van der Waals surface area contributed by atoms with E-state index in [4.69, 9.17) is 0 Å². The van der Waals surface area contributed by atoms with Crippen LogP contribution in [0, 0.1) is 0 Å². The van der Waals surface area contributed by atoms with Gasteiger partial charge in [0, 0.05) is 12.6 Å². The Hall–Kier alpha value is -0.240. The molecule has 0 saturated carbocycles. The average molecular weight is 288 g/mol. The van der Waals surface area contributed by atoms with Crippen molar-refractivity contribution >= 4 is 17.0 Å². The molecule has 0 fully saturated rings. The van der Waals surface area contributed by atoms with Crippen molar-refractivity contribution < 1.29 is 0 Å². The molecule has 0 aromatic heterocycles. The molecule has 0 N–H and O–H groups in total. The van der Waals surface area contributed by atoms with Crippen LogP contribution in [-0.4, -0.2) is 17.5 Å². The van der Waals surface area contributed by atoms with Gasteiger partial charge in [0.25, 0.3) is 0 Å². The van der Waals surface area contributed by atoms with Gasteiger partial charge in [-0.2, -0.15) is 0 Å². The second-order valence-electron chi connectivity index (χ2n) is 4.47. The lowest BCUT2D eigenvalue weighted by Crippen LogP contribution is -2.28. The zero-order valence-corrected chi connectivity index (χ0v) is 12.4.